The number of pyridine rings is 1. The molecule has 0 radical (unpaired) electrons. The molecule has 0 saturated heterocycles. The molecular formula is C27H31ClN2O. The van der Waals surface area contributed by atoms with Gasteiger partial charge in [0.15, 0.2) is 5.78 Å². The zero-order chi connectivity index (χ0) is 22.8. The fraction of sp³-hybridized carbons (Fsp3) is 0.259. The molecule has 0 aliphatic heterocycles. The fourth-order valence-electron chi connectivity index (χ4n) is 3.16. The minimum Gasteiger partial charge on any atom is -0.366 e. The van der Waals surface area contributed by atoms with Crippen molar-refractivity contribution in [1.29, 1.82) is 0 Å². The predicted molar refractivity (Wildman–Crippen MR) is 133 cm³/mol. The van der Waals surface area contributed by atoms with E-state index in [1.54, 1.807) is 6.92 Å². The van der Waals surface area contributed by atoms with E-state index in [0.29, 0.717) is 18.0 Å². The van der Waals surface area contributed by atoms with E-state index in [0.717, 1.165) is 33.8 Å². The summed E-state index contributed by atoms with van der Waals surface area (Å²) in [4.78, 5) is 16.9. The number of ketones is 1. The Morgan fingerprint density at radius 3 is 2.32 bits per heavy atom. The minimum atomic E-state index is 0.0370. The van der Waals surface area contributed by atoms with E-state index in [1.165, 1.54) is 5.56 Å². The standard InChI is InChI=1S/C25H25ClN2O.C2H6/c1-17-8-7-11-24(26)23(17)15-22(19(3)29)14-21-12-13-25(28-18(21)2)27-16-20-9-5-4-6-10-20;1-2/h4-14H,15-16H2,1-3H3,(H,27,28);1-2H3/b22-14-;. The van der Waals surface area contributed by atoms with Gasteiger partial charge in [-0.1, -0.05) is 67.9 Å². The van der Waals surface area contributed by atoms with Crippen LogP contribution in [0.15, 0.2) is 66.2 Å². The van der Waals surface area contributed by atoms with Crippen LogP contribution in [0.1, 0.15) is 48.7 Å². The Morgan fingerprint density at radius 1 is 1.00 bits per heavy atom. The van der Waals surface area contributed by atoms with Gasteiger partial charge in [-0.25, -0.2) is 4.98 Å². The molecule has 1 heterocycles. The average molecular weight is 435 g/mol. The van der Waals surface area contributed by atoms with Gasteiger partial charge in [0.1, 0.15) is 5.82 Å². The summed E-state index contributed by atoms with van der Waals surface area (Å²) in [5.41, 5.74) is 5.80. The summed E-state index contributed by atoms with van der Waals surface area (Å²) >= 11 is 6.36. The van der Waals surface area contributed by atoms with Gasteiger partial charge in [0.2, 0.25) is 0 Å². The lowest BCUT2D eigenvalue weighted by Crippen LogP contribution is -2.05. The summed E-state index contributed by atoms with van der Waals surface area (Å²) < 4.78 is 0. The van der Waals surface area contributed by atoms with Crippen molar-refractivity contribution in [3.8, 4) is 0 Å². The molecule has 0 spiro atoms. The number of anilines is 1. The maximum absolute atomic E-state index is 12.3. The predicted octanol–water partition coefficient (Wildman–Crippen LogP) is 7.21. The maximum Gasteiger partial charge on any atom is 0.156 e. The molecule has 3 aromatic rings. The minimum absolute atomic E-state index is 0.0370. The number of carbonyl (C=O) groups is 1. The zero-order valence-corrected chi connectivity index (χ0v) is 19.8. The van der Waals surface area contributed by atoms with Crippen molar-refractivity contribution in [2.24, 2.45) is 0 Å². The molecule has 31 heavy (non-hydrogen) atoms. The third-order valence-corrected chi connectivity index (χ3v) is 5.30. The molecule has 1 N–H and O–H groups in total. The number of benzene rings is 2. The van der Waals surface area contributed by atoms with Crippen molar-refractivity contribution in [3.63, 3.8) is 0 Å². The first-order chi connectivity index (χ1) is 14.9. The Morgan fingerprint density at radius 2 is 1.71 bits per heavy atom. The molecule has 0 atom stereocenters. The van der Waals surface area contributed by atoms with Crippen LogP contribution in [0, 0.1) is 13.8 Å². The van der Waals surface area contributed by atoms with Crippen LogP contribution in [-0.2, 0) is 17.8 Å². The number of halogens is 1. The highest BCUT2D eigenvalue weighted by molar-refractivity contribution is 6.31. The van der Waals surface area contributed by atoms with Crippen molar-refractivity contribution in [3.05, 3.63) is 99.2 Å². The quantitative estimate of drug-likeness (QED) is 0.399. The van der Waals surface area contributed by atoms with Gasteiger partial charge in [-0.3, -0.25) is 4.79 Å². The van der Waals surface area contributed by atoms with Gasteiger partial charge in [-0.2, -0.15) is 0 Å². The van der Waals surface area contributed by atoms with E-state index in [9.17, 15) is 4.79 Å². The topological polar surface area (TPSA) is 42.0 Å². The molecule has 0 bridgehead atoms. The van der Waals surface area contributed by atoms with Crippen LogP contribution >= 0.6 is 11.6 Å². The highest BCUT2D eigenvalue weighted by atomic mass is 35.5. The summed E-state index contributed by atoms with van der Waals surface area (Å²) in [6.45, 7) is 10.3. The van der Waals surface area contributed by atoms with Crippen molar-refractivity contribution in [1.82, 2.24) is 4.98 Å². The Balaban J connectivity index is 0.00000166. The molecule has 2 aromatic carbocycles. The number of carbonyl (C=O) groups excluding carboxylic acids is 1. The normalized spacial score (nSPS) is 10.8. The Bertz CT molecular complexity index is 1020. The largest absolute Gasteiger partial charge is 0.366 e. The molecule has 162 valence electrons. The molecule has 0 amide bonds. The summed E-state index contributed by atoms with van der Waals surface area (Å²) in [5, 5.41) is 4.03. The summed E-state index contributed by atoms with van der Waals surface area (Å²) in [6, 6.07) is 19.9. The molecule has 0 saturated carbocycles. The highest BCUT2D eigenvalue weighted by Gasteiger charge is 2.12. The number of allylic oxidation sites excluding steroid dienone is 1. The van der Waals surface area contributed by atoms with E-state index in [1.807, 2.05) is 82.3 Å². The van der Waals surface area contributed by atoms with Crippen molar-refractivity contribution in [2.75, 3.05) is 5.32 Å². The highest BCUT2D eigenvalue weighted by Crippen LogP contribution is 2.25. The molecule has 0 aliphatic carbocycles. The number of aryl methyl sites for hydroxylation is 2. The second kappa shape index (κ2) is 12.1. The fourth-order valence-corrected chi connectivity index (χ4v) is 3.45. The van der Waals surface area contributed by atoms with Crippen molar-refractivity contribution < 1.29 is 4.79 Å². The molecule has 3 nitrogen and oxygen atoms in total. The van der Waals surface area contributed by atoms with Crippen LogP contribution in [0.4, 0.5) is 5.82 Å². The van der Waals surface area contributed by atoms with E-state index < -0.39 is 0 Å². The SMILES string of the molecule is CC.CC(=O)/C(=C\c1ccc(NCc2ccccc2)nc1C)Cc1c(C)cccc1Cl. The summed E-state index contributed by atoms with van der Waals surface area (Å²) in [7, 11) is 0. The first-order valence-corrected chi connectivity index (χ1v) is 11.0. The third kappa shape index (κ3) is 7.08. The van der Waals surface area contributed by atoms with Crippen LogP contribution in [0.25, 0.3) is 6.08 Å². The van der Waals surface area contributed by atoms with Crippen molar-refractivity contribution in [2.45, 2.75) is 47.6 Å². The number of nitrogens with one attached hydrogen (secondary N) is 1. The van der Waals surface area contributed by atoms with Crippen molar-refractivity contribution >= 4 is 29.3 Å². The van der Waals surface area contributed by atoms with Crippen LogP contribution in [0.5, 0.6) is 0 Å². The molecule has 0 aliphatic rings. The molecule has 4 heteroatoms. The maximum atomic E-state index is 12.3. The van der Waals surface area contributed by atoms with Gasteiger partial charge < -0.3 is 5.32 Å². The number of hydrogen-bond donors (Lipinski definition) is 1. The van der Waals surface area contributed by atoms with Gasteiger partial charge in [-0.15, -0.1) is 0 Å². The van der Waals surface area contributed by atoms with Crippen LogP contribution < -0.4 is 5.32 Å². The smallest absolute Gasteiger partial charge is 0.156 e. The lowest BCUT2D eigenvalue weighted by atomic mass is 9.96. The Labute approximate surface area is 191 Å². The lowest BCUT2D eigenvalue weighted by molar-refractivity contribution is -0.113. The Hall–Kier alpha value is -2.91. The number of Topliss-reactive ketones (excluding diaryl/α,β-unsaturated/α-hetero) is 1. The van der Waals surface area contributed by atoms with Gasteiger partial charge in [0, 0.05) is 23.7 Å². The van der Waals surface area contributed by atoms with Crippen LogP contribution in [0.2, 0.25) is 5.02 Å². The van der Waals surface area contributed by atoms with Crippen LogP contribution in [0.3, 0.4) is 0 Å². The first-order valence-electron chi connectivity index (χ1n) is 10.6. The van der Waals surface area contributed by atoms with Gasteiger partial charge in [0.05, 0.1) is 0 Å². The van der Waals surface area contributed by atoms with Crippen LogP contribution in [-0.4, -0.2) is 10.8 Å². The summed E-state index contributed by atoms with van der Waals surface area (Å²) in [5.74, 6) is 0.852. The molecule has 0 fully saturated rings. The second-order valence-electron chi connectivity index (χ2n) is 7.15. The molecule has 1 aromatic heterocycles. The first kappa shape index (κ1) is 24.4. The van der Waals surface area contributed by atoms with E-state index in [2.05, 4.69) is 22.4 Å². The third-order valence-electron chi connectivity index (χ3n) is 4.95. The zero-order valence-electron chi connectivity index (χ0n) is 19.0. The van der Waals surface area contributed by atoms with Gasteiger partial charge >= 0.3 is 0 Å². The number of hydrogen-bond acceptors (Lipinski definition) is 3. The lowest BCUT2D eigenvalue weighted by Gasteiger charge is -2.11. The molecule has 3 rings (SSSR count). The number of aromatic nitrogens is 1. The monoisotopic (exact) mass is 434 g/mol. The number of rotatable bonds is 7. The van der Waals surface area contributed by atoms with Gasteiger partial charge in [-0.05, 0) is 72.9 Å². The van der Waals surface area contributed by atoms with E-state index >= 15 is 0 Å². The molecule has 0 unspecified atom stereocenters. The van der Waals surface area contributed by atoms with Gasteiger partial charge in [0.25, 0.3) is 0 Å². The summed E-state index contributed by atoms with van der Waals surface area (Å²) in [6.07, 6.45) is 2.43. The van der Waals surface area contributed by atoms with E-state index in [4.69, 9.17) is 11.6 Å². The number of nitrogens with zero attached hydrogens (tertiary/aromatic N) is 1. The van der Waals surface area contributed by atoms with E-state index in [-0.39, 0.29) is 5.78 Å². The molecular weight excluding hydrogens is 404 g/mol. The average Bonchev–Trinajstić information content (AvgIpc) is 2.77. The second-order valence-corrected chi connectivity index (χ2v) is 7.56. The Kier molecular flexibility index (Phi) is 9.48.